The monoisotopic (exact) mass is 331 g/mol. The van der Waals surface area contributed by atoms with Gasteiger partial charge in [0.15, 0.2) is 6.10 Å². The normalized spacial score (nSPS) is 19.4. The number of pyridine rings is 1. The van der Waals surface area contributed by atoms with Gasteiger partial charge in [0.2, 0.25) is 0 Å². The van der Waals surface area contributed by atoms with Crippen molar-refractivity contribution >= 4 is 17.2 Å². The number of carbonyl (C=O) groups excluding carboxylic acids is 1. The number of piperidine rings is 1. The quantitative estimate of drug-likeness (QED) is 0.864. The van der Waals surface area contributed by atoms with Gasteiger partial charge in [-0.25, -0.2) is 4.98 Å². The highest BCUT2D eigenvalue weighted by Crippen LogP contribution is 2.29. The van der Waals surface area contributed by atoms with Crippen molar-refractivity contribution in [1.29, 1.82) is 0 Å². The van der Waals surface area contributed by atoms with Gasteiger partial charge in [0.05, 0.1) is 11.2 Å². The molecular weight excluding hydrogens is 310 g/mol. The molecule has 2 aromatic heterocycles. The standard InChI is InChI=1S/C17H21N3O2S/c1-12-11-23-16(19-12)14-5-4-8-20(10-14)17(21)13(2)22-15-6-3-7-18-9-15/h3,6-7,9,11,13-14H,4-5,8,10H2,1-2H3. The van der Waals surface area contributed by atoms with Crippen LogP contribution in [-0.2, 0) is 4.79 Å². The smallest absolute Gasteiger partial charge is 0.263 e. The highest BCUT2D eigenvalue weighted by molar-refractivity contribution is 7.09. The third-order valence-electron chi connectivity index (χ3n) is 4.01. The van der Waals surface area contributed by atoms with Crippen molar-refractivity contribution in [2.24, 2.45) is 0 Å². The topological polar surface area (TPSA) is 55.3 Å². The summed E-state index contributed by atoms with van der Waals surface area (Å²) < 4.78 is 5.71. The molecule has 3 heterocycles. The number of hydrogen-bond donors (Lipinski definition) is 0. The van der Waals surface area contributed by atoms with Gasteiger partial charge < -0.3 is 9.64 Å². The molecule has 2 atom stereocenters. The highest BCUT2D eigenvalue weighted by atomic mass is 32.1. The zero-order valence-electron chi connectivity index (χ0n) is 13.4. The number of amides is 1. The third kappa shape index (κ3) is 3.88. The summed E-state index contributed by atoms with van der Waals surface area (Å²) in [6.45, 7) is 5.33. The van der Waals surface area contributed by atoms with Crippen LogP contribution < -0.4 is 4.74 Å². The fraction of sp³-hybridized carbons (Fsp3) is 0.471. The van der Waals surface area contributed by atoms with Crippen LogP contribution in [0.3, 0.4) is 0 Å². The average molecular weight is 331 g/mol. The second-order valence-electron chi connectivity index (χ2n) is 5.90. The van der Waals surface area contributed by atoms with Crippen molar-refractivity contribution in [1.82, 2.24) is 14.9 Å². The van der Waals surface area contributed by atoms with Crippen LogP contribution in [0.5, 0.6) is 5.75 Å². The van der Waals surface area contributed by atoms with Gasteiger partial charge in [0.25, 0.3) is 5.91 Å². The highest BCUT2D eigenvalue weighted by Gasteiger charge is 2.29. The van der Waals surface area contributed by atoms with Gasteiger partial charge in [-0.1, -0.05) is 0 Å². The number of thiazole rings is 1. The average Bonchev–Trinajstić information content (AvgIpc) is 3.02. The van der Waals surface area contributed by atoms with E-state index >= 15 is 0 Å². The van der Waals surface area contributed by atoms with Gasteiger partial charge in [-0.15, -0.1) is 11.3 Å². The molecule has 23 heavy (non-hydrogen) atoms. The molecule has 1 aliphatic heterocycles. The minimum absolute atomic E-state index is 0.0341. The van der Waals surface area contributed by atoms with Gasteiger partial charge in [0.1, 0.15) is 5.75 Å². The van der Waals surface area contributed by atoms with E-state index < -0.39 is 6.10 Å². The molecule has 1 aliphatic rings. The molecule has 1 saturated heterocycles. The first-order valence-corrected chi connectivity index (χ1v) is 8.79. The fourth-order valence-electron chi connectivity index (χ4n) is 2.87. The van der Waals surface area contributed by atoms with Crippen LogP contribution in [-0.4, -0.2) is 40.0 Å². The van der Waals surface area contributed by atoms with Crippen LogP contribution >= 0.6 is 11.3 Å². The number of ether oxygens (including phenoxy) is 1. The van der Waals surface area contributed by atoms with Crippen LogP contribution in [0.4, 0.5) is 0 Å². The number of likely N-dealkylation sites (tertiary alicyclic amines) is 1. The van der Waals surface area contributed by atoms with Crippen LogP contribution in [0.1, 0.15) is 36.4 Å². The molecule has 0 spiro atoms. The van der Waals surface area contributed by atoms with Gasteiger partial charge in [-0.3, -0.25) is 9.78 Å². The summed E-state index contributed by atoms with van der Waals surface area (Å²) in [6, 6.07) is 3.61. The number of hydrogen-bond acceptors (Lipinski definition) is 5. The summed E-state index contributed by atoms with van der Waals surface area (Å²) in [5.74, 6) is 1.00. The Balaban J connectivity index is 1.62. The van der Waals surface area contributed by atoms with E-state index in [0.717, 1.165) is 36.6 Å². The predicted octanol–water partition coefficient (Wildman–Crippen LogP) is 3.02. The molecule has 0 bridgehead atoms. The number of nitrogens with zero attached hydrogens (tertiary/aromatic N) is 3. The lowest BCUT2D eigenvalue weighted by Crippen LogP contribution is -2.45. The number of aromatic nitrogens is 2. The molecule has 0 radical (unpaired) electrons. The van der Waals surface area contributed by atoms with Crippen molar-refractivity contribution in [3.8, 4) is 5.75 Å². The van der Waals surface area contributed by atoms with Crippen LogP contribution in [0, 0.1) is 6.92 Å². The largest absolute Gasteiger partial charge is 0.479 e. The molecule has 2 aromatic rings. The first-order valence-electron chi connectivity index (χ1n) is 7.91. The van der Waals surface area contributed by atoms with Gasteiger partial charge in [-0.05, 0) is 38.8 Å². The summed E-state index contributed by atoms with van der Waals surface area (Å²) in [5, 5.41) is 3.21. The lowest BCUT2D eigenvalue weighted by atomic mass is 9.98. The SMILES string of the molecule is Cc1csc(C2CCCN(C(=O)C(C)Oc3cccnc3)C2)n1. The van der Waals surface area contributed by atoms with Crippen LogP contribution in [0.2, 0.25) is 0 Å². The summed E-state index contributed by atoms with van der Waals surface area (Å²) in [7, 11) is 0. The maximum atomic E-state index is 12.6. The second-order valence-corrected chi connectivity index (χ2v) is 6.79. The molecule has 122 valence electrons. The zero-order chi connectivity index (χ0) is 16.2. The molecule has 5 nitrogen and oxygen atoms in total. The van der Waals surface area contributed by atoms with E-state index in [9.17, 15) is 4.79 Å². The van der Waals surface area contributed by atoms with Crippen LogP contribution in [0.15, 0.2) is 29.9 Å². The maximum absolute atomic E-state index is 12.6. The van der Waals surface area contributed by atoms with Gasteiger partial charge in [-0.2, -0.15) is 0 Å². The number of aryl methyl sites for hydroxylation is 1. The van der Waals surface area contributed by atoms with Crippen molar-refractivity contribution in [3.05, 3.63) is 40.6 Å². The van der Waals surface area contributed by atoms with Crippen molar-refractivity contribution in [3.63, 3.8) is 0 Å². The maximum Gasteiger partial charge on any atom is 0.263 e. The van der Waals surface area contributed by atoms with E-state index in [1.165, 1.54) is 0 Å². The Morgan fingerprint density at radius 1 is 1.52 bits per heavy atom. The molecule has 6 heteroatoms. The molecule has 0 N–H and O–H groups in total. The summed E-state index contributed by atoms with van der Waals surface area (Å²) >= 11 is 1.69. The second kappa shape index (κ2) is 7.08. The van der Waals surface area contributed by atoms with Gasteiger partial charge >= 0.3 is 0 Å². The first kappa shape index (κ1) is 15.9. The zero-order valence-corrected chi connectivity index (χ0v) is 14.3. The predicted molar refractivity (Wildman–Crippen MR) is 89.7 cm³/mol. The third-order valence-corrected chi connectivity index (χ3v) is 5.14. The lowest BCUT2D eigenvalue weighted by molar-refractivity contribution is -0.139. The Bertz CT molecular complexity index is 659. The number of rotatable bonds is 4. The summed E-state index contributed by atoms with van der Waals surface area (Å²) in [6.07, 6.45) is 4.91. The molecule has 1 fully saturated rings. The van der Waals surface area contributed by atoms with E-state index in [1.54, 1.807) is 36.7 Å². The van der Waals surface area contributed by atoms with E-state index in [0.29, 0.717) is 11.7 Å². The van der Waals surface area contributed by atoms with E-state index in [2.05, 4.69) is 15.3 Å². The Labute approximate surface area is 140 Å². The molecular formula is C17H21N3O2S. The summed E-state index contributed by atoms with van der Waals surface area (Å²) in [5.41, 5.74) is 1.06. The van der Waals surface area contributed by atoms with Crippen molar-refractivity contribution < 1.29 is 9.53 Å². The Kier molecular flexibility index (Phi) is 4.91. The van der Waals surface area contributed by atoms with Gasteiger partial charge in [0, 0.05) is 36.3 Å². The molecule has 1 amide bonds. The first-order chi connectivity index (χ1) is 11.1. The van der Waals surface area contributed by atoms with E-state index in [-0.39, 0.29) is 5.91 Å². The van der Waals surface area contributed by atoms with Crippen LogP contribution in [0.25, 0.3) is 0 Å². The molecule has 2 unspecified atom stereocenters. The fourth-order valence-corrected chi connectivity index (χ4v) is 3.79. The van der Waals surface area contributed by atoms with E-state index in [4.69, 9.17) is 4.74 Å². The molecule has 0 saturated carbocycles. The Hall–Kier alpha value is -1.95. The van der Waals surface area contributed by atoms with Crippen molar-refractivity contribution in [2.75, 3.05) is 13.1 Å². The summed E-state index contributed by atoms with van der Waals surface area (Å²) in [4.78, 5) is 23.1. The Morgan fingerprint density at radius 2 is 2.39 bits per heavy atom. The molecule has 0 aromatic carbocycles. The minimum Gasteiger partial charge on any atom is -0.479 e. The molecule has 3 rings (SSSR count). The molecule has 0 aliphatic carbocycles. The number of carbonyl (C=O) groups is 1. The van der Waals surface area contributed by atoms with E-state index in [1.807, 2.05) is 17.9 Å². The van der Waals surface area contributed by atoms with Crippen molar-refractivity contribution in [2.45, 2.75) is 38.7 Å². The lowest BCUT2D eigenvalue weighted by Gasteiger charge is -2.33. The minimum atomic E-state index is -0.504. The Morgan fingerprint density at radius 3 is 3.09 bits per heavy atom.